The molecular formula is C12H14N2O4S. The molecule has 2 N–H and O–H groups in total. The van der Waals surface area contributed by atoms with E-state index in [0.717, 1.165) is 6.26 Å². The van der Waals surface area contributed by atoms with Gasteiger partial charge >= 0.3 is 5.97 Å². The first-order valence-corrected chi connectivity index (χ1v) is 7.57. The van der Waals surface area contributed by atoms with Crippen molar-refractivity contribution < 1.29 is 17.9 Å². The van der Waals surface area contributed by atoms with Crippen LogP contribution >= 0.6 is 0 Å². The summed E-state index contributed by atoms with van der Waals surface area (Å²) in [5.74, 6) is -0.437. The van der Waals surface area contributed by atoms with Crippen LogP contribution in [0.4, 0.5) is 5.82 Å². The molecule has 19 heavy (non-hydrogen) atoms. The molecule has 0 bridgehead atoms. The normalized spacial score (nSPS) is 11.5. The predicted molar refractivity (Wildman–Crippen MR) is 72.7 cm³/mol. The van der Waals surface area contributed by atoms with Crippen molar-refractivity contribution in [2.75, 3.05) is 17.6 Å². The fourth-order valence-electron chi connectivity index (χ4n) is 1.82. The van der Waals surface area contributed by atoms with Crippen molar-refractivity contribution in [1.82, 2.24) is 4.98 Å². The minimum atomic E-state index is -3.48. The Labute approximate surface area is 110 Å². The highest BCUT2D eigenvalue weighted by Gasteiger charge is 2.21. The number of anilines is 1. The van der Waals surface area contributed by atoms with Gasteiger partial charge in [0, 0.05) is 10.9 Å². The fraction of sp³-hybridized carbons (Fsp3) is 0.250. The Hall–Kier alpha value is -2.02. The van der Waals surface area contributed by atoms with Crippen LogP contribution in [0.3, 0.4) is 0 Å². The quantitative estimate of drug-likeness (QED) is 0.836. The monoisotopic (exact) mass is 282 g/mol. The fourth-order valence-corrected chi connectivity index (χ4v) is 2.34. The lowest BCUT2D eigenvalue weighted by Gasteiger charge is -2.05. The second-order valence-corrected chi connectivity index (χ2v) is 5.76. The van der Waals surface area contributed by atoms with Gasteiger partial charge in [0.2, 0.25) is 10.0 Å². The van der Waals surface area contributed by atoms with Gasteiger partial charge in [0.05, 0.1) is 12.9 Å². The van der Waals surface area contributed by atoms with Crippen LogP contribution in [-0.2, 0) is 14.8 Å². The van der Waals surface area contributed by atoms with E-state index >= 15 is 0 Å². The number of aromatic amines is 1. The summed E-state index contributed by atoms with van der Waals surface area (Å²) in [4.78, 5) is 14.8. The molecule has 0 unspecified atom stereocenters. The first-order valence-electron chi connectivity index (χ1n) is 5.68. The van der Waals surface area contributed by atoms with Crippen LogP contribution < -0.4 is 4.72 Å². The third kappa shape index (κ3) is 2.87. The summed E-state index contributed by atoms with van der Waals surface area (Å²) in [5.41, 5.74) is 0.861. The van der Waals surface area contributed by atoms with Crippen LogP contribution in [0.15, 0.2) is 24.3 Å². The van der Waals surface area contributed by atoms with Crippen LogP contribution in [-0.4, -0.2) is 32.2 Å². The Balaban J connectivity index is 2.61. The molecule has 0 fully saturated rings. The van der Waals surface area contributed by atoms with Gasteiger partial charge in [-0.25, -0.2) is 13.2 Å². The Morgan fingerprint density at radius 3 is 2.68 bits per heavy atom. The third-order valence-corrected chi connectivity index (χ3v) is 3.05. The molecule has 2 rings (SSSR count). The summed E-state index contributed by atoms with van der Waals surface area (Å²) in [6, 6.07) is 7.04. The SMILES string of the molecule is CCOC(=O)c1c(NS(C)(=O)=O)[nH]c2ccccc12. The van der Waals surface area contributed by atoms with Crippen LogP contribution in [0.2, 0.25) is 0 Å². The van der Waals surface area contributed by atoms with E-state index in [-0.39, 0.29) is 18.0 Å². The Morgan fingerprint density at radius 1 is 1.37 bits per heavy atom. The molecule has 7 heteroatoms. The summed E-state index contributed by atoms with van der Waals surface area (Å²) < 4.78 is 29.9. The highest BCUT2D eigenvalue weighted by atomic mass is 32.2. The van der Waals surface area contributed by atoms with Gasteiger partial charge < -0.3 is 9.72 Å². The van der Waals surface area contributed by atoms with E-state index in [0.29, 0.717) is 10.9 Å². The molecule has 0 saturated carbocycles. The molecule has 2 aromatic rings. The molecule has 102 valence electrons. The zero-order valence-electron chi connectivity index (χ0n) is 10.6. The molecule has 1 heterocycles. The van der Waals surface area contributed by atoms with Gasteiger partial charge in [-0.3, -0.25) is 4.72 Å². The average Bonchev–Trinajstić information content (AvgIpc) is 2.64. The molecule has 0 aliphatic carbocycles. The van der Waals surface area contributed by atoms with Crippen molar-refractivity contribution in [3.63, 3.8) is 0 Å². The van der Waals surface area contributed by atoms with Gasteiger partial charge in [-0.05, 0) is 13.0 Å². The summed E-state index contributed by atoms with van der Waals surface area (Å²) in [7, 11) is -3.48. The molecule has 0 amide bonds. The first-order chi connectivity index (χ1) is 8.92. The third-order valence-electron chi connectivity index (χ3n) is 2.47. The van der Waals surface area contributed by atoms with E-state index in [1.54, 1.807) is 31.2 Å². The zero-order chi connectivity index (χ0) is 14.0. The van der Waals surface area contributed by atoms with Crippen molar-refractivity contribution in [2.45, 2.75) is 6.92 Å². The highest BCUT2D eigenvalue weighted by molar-refractivity contribution is 7.92. The largest absolute Gasteiger partial charge is 0.462 e. The molecule has 0 atom stereocenters. The zero-order valence-corrected chi connectivity index (χ0v) is 11.4. The number of nitrogens with one attached hydrogen (secondary N) is 2. The Morgan fingerprint density at radius 2 is 2.05 bits per heavy atom. The second kappa shape index (κ2) is 4.93. The van der Waals surface area contributed by atoms with Gasteiger partial charge in [0.25, 0.3) is 0 Å². The Kier molecular flexibility index (Phi) is 3.48. The van der Waals surface area contributed by atoms with Crippen molar-refractivity contribution in [3.8, 4) is 0 Å². The van der Waals surface area contributed by atoms with Gasteiger partial charge in [0.15, 0.2) is 0 Å². The minimum Gasteiger partial charge on any atom is -0.462 e. The van der Waals surface area contributed by atoms with Crippen LogP contribution in [0, 0.1) is 0 Å². The lowest BCUT2D eigenvalue weighted by atomic mass is 10.1. The number of para-hydroxylation sites is 1. The number of hydrogen-bond donors (Lipinski definition) is 2. The van der Waals surface area contributed by atoms with Gasteiger partial charge in [-0.2, -0.15) is 0 Å². The molecule has 0 spiro atoms. The number of fused-ring (bicyclic) bond motifs is 1. The minimum absolute atomic E-state index is 0.127. The number of aromatic nitrogens is 1. The number of ether oxygens (including phenoxy) is 1. The van der Waals surface area contributed by atoms with Crippen molar-refractivity contribution >= 4 is 32.7 Å². The summed E-state index contributed by atoms with van der Waals surface area (Å²) >= 11 is 0. The molecule has 0 aliphatic rings. The average molecular weight is 282 g/mol. The molecule has 1 aromatic carbocycles. The second-order valence-electron chi connectivity index (χ2n) is 4.02. The van der Waals surface area contributed by atoms with E-state index in [4.69, 9.17) is 4.74 Å². The van der Waals surface area contributed by atoms with Crippen molar-refractivity contribution in [2.24, 2.45) is 0 Å². The maximum atomic E-state index is 11.9. The topological polar surface area (TPSA) is 88.3 Å². The smallest absolute Gasteiger partial charge is 0.342 e. The van der Waals surface area contributed by atoms with Crippen LogP contribution in [0.1, 0.15) is 17.3 Å². The summed E-state index contributed by atoms with van der Waals surface area (Å²) in [6.45, 7) is 1.91. The number of carbonyl (C=O) groups excluding carboxylic acids is 1. The number of esters is 1. The molecule has 1 aromatic heterocycles. The molecule has 0 saturated heterocycles. The number of H-pyrrole nitrogens is 1. The van der Waals surface area contributed by atoms with E-state index in [1.807, 2.05) is 0 Å². The Bertz CT molecular complexity index is 718. The van der Waals surface area contributed by atoms with Crippen LogP contribution in [0.5, 0.6) is 0 Å². The number of benzene rings is 1. The molecule has 0 aliphatic heterocycles. The standard InChI is InChI=1S/C12H14N2O4S/c1-3-18-12(15)10-8-6-4-5-7-9(8)13-11(10)14-19(2,16)17/h4-7,13-14H,3H2,1-2H3. The molecule has 6 nitrogen and oxygen atoms in total. The molecule has 0 radical (unpaired) electrons. The van der Waals surface area contributed by atoms with Gasteiger partial charge in [-0.1, -0.05) is 18.2 Å². The van der Waals surface area contributed by atoms with Crippen LogP contribution in [0.25, 0.3) is 10.9 Å². The number of sulfonamides is 1. The number of carbonyl (C=O) groups is 1. The number of hydrogen-bond acceptors (Lipinski definition) is 4. The lowest BCUT2D eigenvalue weighted by Crippen LogP contribution is -2.14. The maximum Gasteiger partial charge on any atom is 0.342 e. The number of rotatable bonds is 4. The van der Waals surface area contributed by atoms with Crippen molar-refractivity contribution in [1.29, 1.82) is 0 Å². The highest BCUT2D eigenvalue weighted by Crippen LogP contribution is 2.27. The van der Waals surface area contributed by atoms with Gasteiger partial charge in [0.1, 0.15) is 11.4 Å². The summed E-state index contributed by atoms with van der Waals surface area (Å²) in [6.07, 6.45) is 1.02. The lowest BCUT2D eigenvalue weighted by molar-refractivity contribution is 0.0530. The van der Waals surface area contributed by atoms with E-state index in [9.17, 15) is 13.2 Å². The van der Waals surface area contributed by atoms with E-state index in [2.05, 4.69) is 9.71 Å². The summed E-state index contributed by atoms with van der Waals surface area (Å²) in [5, 5.41) is 0.618. The molecular weight excluding hydrogens is 268 g/mol. The first kappa shape index (κ1) is 13.4. The van der Waals surface area contributed by atoms with Gasteiger partial charge in [-0.15, -0.1) is 0 Å². The predicted octanol–water partition coefficient (Wildman–Crippen LogP) is 1.72. The maximum absolute atomic E-state index is 11.9. The van der Waals surface area contributed by atoms with E-state index < -0.39 is 16.0 Å². The van der Waals surface area contributed by atoms with Crippen molar-refractivity contribution in [3.05, 3.63) is 29.8 Å². The van der Waals surface area contributed by atoms with E-state index in [1.165, 1.54) is 0 Å².